The number of nitrogens with zero attached hydrogens (tertiary/aromatic N) is 3. The van der Waals surface area contributed by atoms with Crippen molar-refractivity contribution < 1.29 is 9.53 Å². The first-order chi connectivity index (χ1) is 15.1. The monoisotopic (exact) mass is 415 g/mol. The number of esters is 1. The van der Waals surface area contributed by atoms with Crippen LogP contribution in [0.25, 0.3) is 0 Å². The number of fused-ring (bicyclic) bond motifs is 1. The summed E-state index contributed by atoms with van der Waals surface area (Å²) in [5, 5.41) is 9.19. The molecule has 0 amide bonds. The van der Waals surface area contributed by atoms with Crippen LogP contribution < -0.4 is 4.90 Å². The molecule has 0 aliphatic carbocycles. The first-order valence-corrected chi connectivity index (χ1v) is 11.3. The number of rotatable bonds is 4. The number of nitriles is 1. The van der Waals surface area contributed by atoms with E-state index in [0.29, 0.717) is 12.0 Å². The van der Waals surface area contributed by atoms with E-state index >= 15 is 0 Å². The first-order valence-electron chi connectivity index (χ1n) is 11.3. The molecule has 1 spiro atoms. The molecule has 5 nitrogen and oxygen atoms in total. The molecular formula is C26H29N3O2. The number of hydrogen-bond acceptors (Lipinski definition) is 5. The molecule has 3 aliphatic heterocycles. The molecule has 3 aliphatic rings. The van der Waals surface area contributed by atoms with Gasteiger partial charge in [-0.2, -0.15) is 5.26 Å². The van der Waals surface area contributed by atoms with Gasteiger partial charge in [0.15, 0.2) is 0 Å². The second-order valence-electron chi connectivity index (χ2n) is 9.38. The van der Waals surface area contributed by atoms with Crippen LogP contribution in [0.15, 0.2) is 36.4 Å². The summed E-state index contributed by atoms with van der Waals surface area (Å²) in [4.78, 5) is 16.8. The summed E-state index contributed by atoms with van der Waals surface area (Å²) in [6.45, 7) is 8.11. The molecule has 0 N–H and O–H groups in total. The lowest BCUT2D eigenvalue weighted by Gasteiger charge is -2.39. The van der Waals surface area contributed by atoms with Gasteiger partial charge in [-0.3, -0.25) is 0 Å². The Balaban J connectivity index is 1.16. The van der Waals surface area contributed by atoms with Crippen molar-refractivity contribution in [1.82, 2.24) is 4.90 Å². The Bertz CT molecular complexity index is 1050. The summed E-state index contributed by atoms with van der Waals surface area (Å²) in [6.07, 6.45) is 4.75. The molecule has 0 atom stereocenters. The zero-order valence-electron chi connectivity index (χ0n) is 18.2. The second kappa shape index (κ2) is 8.01. The molecule has 160 valence electrons. The van der Waals surface area contributed by atoms with Gasteiger partial charge < -0.3 is 14.5 Å². The van der Waals surface area contributed by atoms with Crippen LogP contribution in [0.4, 0.5) is 5.69 Å². The van der Waals surface area contributed by atoms with Crippen LogP contribution >= 0.6 is 0 Å². The third kappa shape index (κ3) is 3.81. The average Bonchev–Trinajstić information content (AvgIpc) is 3.39. The van der Waals surface area contributed by atoms with E-state index in [2.05, 4.69) is 34.9 Å². The Labute approximate surface area is 184 Å². The molecule has 2 fully saturated rings. The Morgan fingerprint density at radius 2 is 1.94 bits per heavy atom. The molecule has 5 rings (SSSR count). The van der Waals surface area contributed by atoms with E-state index in [1.807, 2.05) is 24.3 Å². The lowest BCUT2D eigenvalue weighted by molar-refractivity contribution is 0.0535. The van der Waals surface area contributed by atoms with Crippen LogP contribution in [0, 0.1) is 23.7 Å². The fraction of sp³-hybridized carbons (Fsp3) is 0.462. The molecule has 0 radical (unpaired) electrons. The van der Waals surface area contributed by atoms with E-state index in [-0.39, 0.29) is 5.97 Å². The zero-order chi connectivity index (χ0) is 21.4. The van der Waals surface area contributed by atoms with E-state index in [4.69, 9.17) is 4.74 Å². The lowest BCUT2D eigenvalue weighted by Crippen LogP contribution is -2.42. The predicted octanol–water partition coefficient (Wildman–Crippen LogP) is 4.07. The van der Waals surface area contributed by atoms with E-state index in [1.165, 1.54) is 36.1 Å². The Morgan fingerprint density at radius 1 is 1.13 bits per heavy atom. The molecule has 2 saturated heterocycles. The van der Waals surface area contributed by atoms with Crippen molar-refractivity contribution in [1.29, 1.82) is 5.26 Å². The van der Waals surface area contributed by atoms with E-state index < -0.39 is 0 Å². The van der Waals surface area contributed by atoms with Crippen molar-refractivity contribution in [2.24, 2.45) is 5.41 Å². The molecule has 31 heavy (non-hydrogen) atoms. The van der Waals surface area contributed by atoms with Crippen LogP contribution in [-0.2, 0) is 17.8 Å². The average molecular weight is 416 g/mol. The van der Waals surface area contributed by atoms with Crippen LogP contribution in [-0.4, -0.2) is 43.6 Å². The van der Waals surface area contributed by atoms with Gasteiger partial charge in [0.05, 0.1) is 17.2 Å². The molecule has 5 heteroatoms. The van der Waals surface area contributed by atoms with Crippen molar-refractivity contribution in [2.75, 3.05) is 37.6 Å². The number of likely N-dealkylation sites (tertiary alicyclic amines) is 1. The molecule has 2 aromatic carbocycles. The smallest absolute Gasteiger partial charge is 0.338 e. The fourth-order valence-corrected chi connectivity index (χ4v) is 5.53. The van der Waals surface area contributed by atoms with Crippen molar-refractivity contribution >= 4 is 11.7 Å². The summed E-state index contributed by atoms with van der Waals surface area (Å²) < 4.78 is 5.19. The van der Waals surface area contributed by atoms with Crippen LogP contribution in [0.3, 0.4) is 0 Å². The quantitative estimate of drug-likeness (QED) is 0.705. The Morgan fingerprint density at radius 3 is 2.74 bits per heavy atom. The van der Waals surface area contributed by atoms with Crippen LogP contribution in [0.1, 0.15) is 51.9 Å². The Kier molecular flexibility index (Phi) is 5.19. The number of carbonyl (C=O) groups is 1. The molecule has 2 aromatic rings. The van der Waals surface area contributed by atoms with Crippen molar-refractivity contribution in [3.8, 4) is 6.07 Å². The largest absolute Gasteiger partial charge is 0.457 e. The third-order valence-corrected chi connectivity index (χ3v) is 7.67. The third-order valence-electron chi connectivity index (χ3n) is 7.67. The zero-order valence-corrected chi connectivity index (χ0v) is 18.2. The van der Waals surface area contributed by atoms with E-state index in [1.54, 1.807) is 0 Å². The van der Waals surface area contributed by atoms with Gasteiger partial charge >= 0.3 is 5.97 Å². The number of cyclic esters (lactones) is 1. The van der Waals surface area contributed by atoms with Crippen molar-refractivity contribution in [2.45, 2.75) is 39.2 Å². The first kappa shape index (κ1) is 20.1. The number of ether oxygens (including phenoxy) is 1. The summed E-state index contributed by atoms with van der Waals surface area (Å²) in [7, 11) is 0. The van der Waals surface area contributed by atoms with Gasteiger partial charge in [-0.1, -0.05) is 12.1 Å². The molecule has 0 aromatic heterocycles. The van der Waals surface area contributed by atoms with Gasteiger partial charge in [0, 0.05) is 30.9 Å². The fourth-order valence-electron chi connectivity index (χ4n) is 5.53. The minimum Gasteiger partial charge on any atom is -0.457 e. The minimum atomic E-state index is -0.184. The minimum absolute atomic E-state index is 0.184. The van der Waals surface area contributed by atoms with E-state index in [0.717, 1.165) is 55.8 Å². The van der Waals surface area contributed by atoms with Gasteiger partial charge in [-0.25, -0.2) is 4.79 Å². The van der Waals surface area contributed by atoms with Crippen LogP contribution in [0.5, 0.6) is 0 Å². The predicted molar refractivity (Wildman–Crippen MR) is 120 cm³/mol. The number of hydrogen-bond donors (Lipinski definition) is 0. The highest BCUT2D eigenvalue weighted by Gasteiger charge is 2.40. The topological polar surface area (TPSA) is 56.6 Å². The van der Waals surface area contributed by atoms with Gasteiger partial charge in [0.1, 0.15) is 6.61 Å². The SMILES string of the molecule is Cc1c(CCN2CCC3(CC2)CCN(c2cccc(C#N)c2)C3)ccc2c1COC2=O. The number of anilines is 1. The van der Waals surface area contributed by atoms with Gasteiger partial charge in [-0.05, 0) is 86.5 Å². The highest BCUT2D eigenvalue weighted by molar-refractivity contribution is 5.93. The van der Waals surface area contributed by atoms with Crippen molar-refractivity contribution in [3.63, 3.8) is 0 Å². The van der Waals surface area contributed by atoms with Gasteiger partial charge in [-0.15, -0.1) is 0 Å². The molecular weight excluding hydrogens is 386 g/mol. The van der Waals surface area contributed by atoms with Crippen molar-refractivity contribution in [3.05, 3.63) is 64.2 Å². The second-order valence-corrected chi connectivity index (χ2v) is 9.38. The van der Waals surface area contributed by atoms with Crippen LogP contribution in [0.2, 0.25) is 0 Å². The lowest BCUT2D eigenvalue weighted by atomic mass is 9.77. The maximum Gasteiger partial charge on any atom is 0.338 e. The summed E-state index contributed by atoms with van der Waals surface area (Å²) in [6, 6.07) is 14.3. The molecule has 0 bridgehead atoms. The van der Waals surface area contributed by atoms with Gasteiger partial charge in [0.2, 0.25) is 0 Å². The molecule has 0 unspecified atom stereocenters. The molecule has 0 saturated carbocycles. The standard InChI is InChI=1S/C26H29N3O2/c1-19-21(5-6-23-24(19)17-31-25(23)30)7-11-28-12-8-26(9-13-28)10-14-29(18-26)22-4-2-3-20(15-22)16-27/h2-6,15H,7-14,17-18H2,1H3. The maximum atomic E-state index is 11.8. The number of carbonyl (C=O) groups excluding carboxylic acids is 1. The highest BCUT2D eigenvalue weighted by Crippen LogP contribution is 2.42. The summed E-state index contributed by atoms with van der Waals surface area (Å²) >= 11 is 0. The normalized spacial score (nSPS) is 20.0. The number of benzene rings is 2. The number of piperidine rings is 1. The van der Waals surface area contributed by atoms with Gasteiger partial charge in [0.25, 0.3) is 0 Å². The summed E-state index contributed by atoms with van der Waals surface area (Å²) in [5.41, 5.74) is 6.72. The molecule has 3 heterocycles. The van der Waals surface area contributed by atoms with E-state index in [9.17, 15) is 10.1 Å². The summed E-state index contributed by atoms with van der Waals surface area (Å²) in [5.74, 6) is -0.184. The maximum absolute atomic E-state index is 11.8. The highest BCUT2D eigenvalue weighted by atomic mass is 16.5. The Hall–Kier alpha value is -2.84.